The smallest absolute Gasteiger partial charge is 0.137 e. The molecule has 1 heterocycles. The molecule has 2 rings (SSSR count). The molecule has 0 saturated heterocycles. The van der Waals surface area contributed by atoms with Crippen LogP contribution in [-0.2, 0) is 5.41 Å². The van der Waals surface area contributed by atoms with Crippen LogP contribution in [0.3, 0.4) is 0 Å². The van der Waals surface area contributed by atoms with Gasteiger partial charge in [-0.1, -0.05) is 44.2 Å². The third-order valence-electron chi connectivity index (χ3n) is 3.24. The van der Waals surface area contributed by atoms with Crippen molar-refractivity contribution in [3.63, 3.8) is 0 Å². The van der Waals surface area contributed by atoms with E-state index in [1.807, 2.05) is 18.2 Å². The van der Waals surface area contributed by atoms with Crippen LogP contribution in [0.15, 0.2) is 48.7 Å². The molecule has 1 N–H and O–H groups in total. The highest BCUT2D eigenvalue weighted by molar-refractivity contribution is 5.39. The van der Waals surface area contributed by atoms with Crippen LogP contribution in [0.2, 0.25) is 0 Å². The lowest BCUT2D eigenvalue weighted by Gasteiger charge is -2.26. The number of anilines is 1. The molecule has 3 nitrogen and oxygen atoms in total. The Morgan fingerprint density at radius 1 is 1.11 bits per heavy atom. The molecule has 1 aromatic heterocycles. The Balaban J connectivity index is 2.01. The lowest BCUT2D eigenvalue weighted by Crippen LogP contribution is -2.27. The molecule has 19 heavy (non-hydrogen) atoms. The van der Waals surface area contributed by atoms with E-state index in [-0.39, 0.29) is 5.41 Å². The van der Waals surface area contributed by atoms with Crippen molar-refractivity contribution in [1.82, 2.24) is 4.98 Å². The lowest BCUT2D eigenvalue weighted by molar-refractivity contribution is 0.413. The molecule has 0 saturated carbocycles. The van der Waals surface area contributed by atoms with Gasteiger partial charge in [0.2, 0.25) is 0 Å². The fraction of sp³-hybridized carbons (Fsp3) is 0.312. The molecule has 0 aliphatic heterocycles. The topological polar surface area (TPSA) is 34.1 Å². The fourth-order valence-corrected chi connectivity index (χ4v) is 1.91. The number of nitrogens with zero attached hydrogens (tertiary/aromatic N) is 1. The van der Waals surface area contributed by atoms with Gasteiger partial charge in [-0.2, -0.15) is 0 Å². The zero-order valence-electron chi connectivity index (χ0n) is 11.7. The van der Waals surface area contributed by atoms with Crippen molar-refractivity contribution < 1.29 is 4.74 Å². The zero-order chi connectivity index (χ0) is 13.7. The van der Waals surface area contributed by atoms with Crippen LogP contribution in [0.5, 0.6) is 5.75 Å². The molecule has 0 fully saturated rings. The van der Waals surface area contributed by atoms with Gasteiger partial charge in [0.1, 0.15) is 11.6 Å². The first-order chi connectivity index (χ1) is 9.12. The summed E-state index contributed by atoms with van der Waals surface area (Å²) in [5.74, 6) is 1.64. The number of hydrogen-bond donors (Lipinski definition) is 1. The van der Waals surface area contributed by atoms with Crippen molar-refractivity contribution in [2.45, 2.75) is 19.3 Å². The molecular weight excluding hydrogens is 236 g/mol. The molecule has 0 unspecified atom stereocenters. The molecule has 0 amide bonds. The van der Waals surface area contributed by atoms with E-state index in [1.54, 1.807) is 13.3 Å². The molecule has 0 spiro atoms. The SMILES string of the molecule is COc1ccc(NCC(C)(C)c2ccccc2)nc1. The molecule has 0 bridgehead atoms. The van der Waals surface area contributed by atoms with Crippen LogP contribution < -0.4 is 10.1 Å². The summed E-state index contributed by atoms with van der Waals surface area (Å²) in [6, 6.07) is 14.3. The monoisotopic (exact) mass is 256 g/mol. The summed E-state index contributed by atoms with van der Waals surface area (Å²) in [4.78, 5) is 4.31. The van der Waals surface area contributed by atoms with Gasteiger partial charge in [-0.05, 0) is 17.7 Å². The van der Waals surface area contributed by atoms with Crippen molar-refractivity contribution in [3.8, 4) is 5.75 Å². The van der Waals surface area contributed by atoms with Gasteiger partial charge in [-0.3, -0.25) is 0 Å². The average Bonchev–Trinajstić information content (AvgIpc) is 2.47. The Bertz CT molecular complexity index is 506. The molecule has 0 radical (unpaired) electrons. The molecule has 0 atom stereocenters. The second kappa shape index (κ2) is 5.74. The molecule has 1 aromatic carbocycles. The summed E-state index contributed by atoms with van der Waals surface area (Å²) in [6.07, 6.45) is 1.72. The average molecular weight is 256 g/mol. The Morgan fingerprint density at radius 2 is 1.84 bits per heavy atom. The number of benzene rings is 1. The van der Waals surface area contributed by atoms with Gasteiger partial charge in [-0.25, -0.2) is 4.98 Å². The molecule has 100 valence electrons. The number of hydrogen-bond acceptors (Lipinski definition) is 3. The number of nitrogens with one attached hydrogen (secondary N) is 1. The number of rotatable bonds is 5. The second-order valence-corrected chi connectivity index (χ2v) is 5.19. The molecule has 0 aliphatic rings. The van der Waals surface area contributed by atoms with Crippen LogP contribution in [0, 0.1) is 0 Å². The van der Waals surface area contributed by atoms with E-state index >= 15 is 0 Å². The summed E-state index contributed by atoms with van der Waals surface area (Å²) < 4.78 is 5.09. The summed E-state index contributed by atoms with van der Waals surface area (Å²) in [5, 5.41) is 3.37. The van der Waals surface area contributed by atoms with Crippen LogP contribution in [0.4, 0.5) is 5.82 Å². The number of methoxy groups -OCH3 is 1. The van der Waals surface area contributed by atoms with Crippen molar-refractivity contribution >= 4 is 5.82 Å². The van der Waals surface area contributed by atoms with Gasteiger partial charge in [0, 0.05) is 12.0 Å². The van der Waals surface area contributed by atoms with Crippen LogP contribution in [0.25, 0.3) is 0 Å². The zero-order valence-corrected chi connectivity index (χ0v) is 11.7. The standard InChI is InChI=1S/C16H20N2O/c1-16(2,13-7-5-4-6-8-13)12-18-15-10-9-14(19-3)11-17-15/h4-11H,12H2,1-3H3,(H,17,18). The maximum Gasteiger partial charge on any atom is 0.137 e. The third-order valence-corrected chi connectivity index (χ3v) is 3.24. The van der Waals surface area contributed by atoms with Crippen LogP contribution >= 0.6 is 0 Å². The first kappa shape index (κ1) is 13.4. The van der Waals surface area contributed by atoms with Crippen LogP contribution in [0.1, 0.15) is 19.4 Å². The Hall–Kier alpha value is -2.03. The van der Waals surface area contributed by atoms with E-state index in [1.165, 1.54) is 5.56 Å². The fourth-order valence-electron chi connectivity index (χ4n) is 1.91. The summed E-state index contributed by atoms with van der Waals surface area (Å²) in [5.41, 5.74) is 1.37. The van der Waals surface area contributed by atoms with Gasteiger partial charge in [0.05, 0.1) is 13.3 Å². The minimum absolute atomic E-state index is 0.0584. The van der Waals surface area contributed by atoms with E-state index < -0.39 is 0 Å². The van der Waals surface area contributed by atoms with Gasteiger partial charge in [0.15, 0.2) is 0 Å². The van der Waals surface area contributed by atoms with Gasteiger partial charge in [0.25, 0.3) is 0 Å². The Kier molecular flexibility index (Phi) is 4.05. The van der Waals surface area contributed by atoms with Gasteiger partial charge >= 0.3 is 0 Å². The number of aromatic nitrogens is 1. The van der Waals surface area contributed by atoms with E-state index in [9.17, 15) is 0 Å². The summed E-state index contributed by atoms with van der Waals surface area (Å²) >= 11 is 0. The van der Waals surface area contributed by atoms with Crippen molar-refractivity contribution in [3.05, 3.63) is 54.2 Å². The first-order valence-corrected chi connectivity index (χ1v) is 6.41. The maximum absolute atomic E-state index is 5.09. The molecule has 0 aliphatic carbocycles. The quantitative estimate of drug-likeness (QED) is 0.889. The van der Waals surface area contributed by atoms with Gasteiger partial charge in [-0.15, -0.1) is 0 Å². The van der Waals surface area contributed by atoms with E-state index in [0.717, 1.165) is 18.1 Å². The predicted octanol–water partition coefficient (Wildman–Crippen LogP) is 3.48. The Labute approximate surface area is 114 Å². The highest BCUT2D eigenvalue weighted by Gasteiger charge is 2.19. The normalized spacial score (nSPS) is 11.1. The highest BCUT2D eigenvalue weighted by Crippen LogP contribution is 2.23. The lowest BCUT2D eigenvalue weighted by atomic mass is 9.85. The van der Waals surface area contributed by atoms with Crippen LogP contribution in [-0.4, -0.2) is 18.6 Å². The molecule has 3 heteroatoms. The second-order valence-electron chi connectivity index (χ2n) is 5.19. The number of pyridine rings is 1. The van der Waals surface area contributed by atoms with Crippen molar-refractivity contribution in [2.75, 3.05) is 19.0 Å². The Morgan fingerprint density at radius 3 is 2.42 bits per heavy atom. The maximum atomic E-state index is 5.09. The van der Waals surface area contributed by atoms with E-state index in [2.05, 4.69) is 48.4 Å². The summed E-state index contributed by atoms with van der Waals surface area (Å²) in [7, 11) is 1.64. The number of ether oxygens (including phenoxy) is 1. The van der Waals surface area contributed by atoms with E-state index in [0.29, 0.717) is 0 Å². The molecular formula is C16H20N2O. The summed E-state index contributed by atoms with van der Waals surface area (Å²) in [6.45, 7) is 5.27. The minimum atomic E-state index is 0.0584. The minimum Gasteiger partial charge on any atom is -0.495 e. The van der Waals surface area contributed by atoms with Crippen molar-refractivity contribution in [2.24, 2.45) is 0 Å². The molecule has 2 aromatic rings. The third kappa shape index (κ3) is 3.47. The largest absolute Gasteiger partial charge is 0.495 e. The van der Waals surface area contributed by atoms with Gasteiger partial charge < -0.3 is 10.1 Å². The van der Waals surface area contributed by atoms with Crippen molar-refractivity contribution in [1.29, 1.82) is 0 Å². The highest BCUT2D eigenvalue weighted by atomic mass is 16.5. The van der Waals surface area contributed by atoms with E-state index in [4.69, 9.17) is 4.74 Å². The predicted molar refractivity (Wildman–Crippen MR) is 78.7 cm³/mol. The first-order valence-electron chi connectivity index (χ1n) is 6.41.